The van der Waals surface area contributed by atoms with Crippen LogP contribution in [0.2, 0.25) is 0 Å². The van der Waals surface area contributed by atoms with Gasteiger partial charge in [0.2, 0.25) is 0 Å². The summed E-state index contributed by atoms with van der Waals surface area (Å²) in [5, 5.41) is 0. The molecule has 0 atom stereocenters. The number of hydrogen-bond acceptors (Lipinski definition) is 5. The summed E-state index contributed by atoms with van der Waals surface area (Å²) in [6, 6.07) is 0. The Hall–Kier alpha value is -1.10. The van der Waals surface area contributed by atoms with Gasteiger partial charge in [0.25, 0.3) is 0 Å². The lowest BCUT2D eigenvalue weighted by molar-refractivity contribution is -0.163. The minimum absolute atomic E-state index is 0.00380. The quantitative estimate of drug-likeness (QED) is 0.233. The second-order valence-electron chi connectivity index (χ2n) is 11.8. The van der Waals surface area contributed by atoms with Gasteiger partial charge < -0.3 is 14.2 Å². The summed E-state index contributed by atoms with van der Waals surface area (Å²) in [6.07, 6.45) is 12.2. The van der Waals surface area contributed by atoms with Crippen LogP contribution in [0, 0.1) is 10.8 Å². The Kier molecular flexibility index (Phi) is 9.01. The van der Waals surface area contributed by atoms with Gasteiger partial charge in [-0.25, -0.2) is 0 Å². The Labute approximate surface area is 190 Å². The van der Waals surface area contributed by atoms with Crippen LogP contribution in [0.3, 0.4) is 0 Å². The number of ether oxygens (including phenoxy) is 3. The normalized spacial score (nSPS) is 19.0. The van der Waals surface area contributed by atoms with E-state index < -0.39 is 11.2 Å². The van der Waals surface area contributed by atoms with E-state index in [9.17, 15) is 9.59 Å². The van der Waals surface area contributed by atoms with E-state index in [-0.39, 0.29) is 22.8 Å². The summed E-state index contributed by atoms with van der Waals surface area (Å²) >= 11 is 0. The molecular formula is C26H46O5. The lowest BCUT2D eigenvalue weighted by Crippen LogP contribution is -2.29. The van der Waals surface area contributed by atoms with E-state index in [1.165, 1.54) is 0 Å². The summed E-state index contributed by atoms with van der Waals surface area (Å²) in [5.74, 6) is -0.00760. The molecule has 0 heterocycles. The number of carbonyl (C=O) groups is 2. The molecule has 0 aromatic heterocycles. The smallest absolute Gasteiger partial charge is 0.312 e. The van der Waals surface area contributed by atoms with Crippen molar-refractivity contribution in [1.29, 1.82) is 0 Å². The number of carbonyl (C=O) groups excluding carboxylic acids is 2. The monoisotopic (exact) mass is 438 g/mol. The fourth-order valence-electron chi connectivity index (χ4n) is 3.98. The van der Waals surface area contributed by atoms with Crippen molar-refractivity contribution in [2.45, 2.75) is 130 Å². The Morgan fingerprint density at radius 3 is 1.26 bits per heavy atom. The lowest BCUT2D eigenvalue weighted by Gasteiger charge is -2.23. The number of hydrogen-bond donors (Lipinski definition) is 0. The Morgan fingerprint density at radius 2 is 0.968 bits per heavy atom. The summed E-state index contributed by atoms with van der Waals surface area (Å²) in [6.45, 7) is 13.2. The molecule has 0 spiro atoms. The van der Waals surface area contributed by atoms with Crippen molar-refractivity contribution in [1.82, 2.24) is 0 Å². The second-order valence-corrected chi connectivity index (χ2v) is 11.8. The zero-order valence-electron chi connectivity index (χ0n) is 20.9. The fraction of sp³-hybridized carbons (Fsp3) is 0.923. The van der Waals surface area contributed by atoms with Crippen molar-refractivity contribution in [3.05, 3.63) is 0 Å². The van der Waals surface area contributed by atoms with Crippen LogP contribution in [-0.2, 0) is 23.8 Å². The third kappa shape index (κ3) is 9.51. The molecular weight excluding hydrogens is 392 g/mol. The molecule has 0 radical (unpaired) electrons. The molecule has 0 unspecified atom stereocenters. The van der Waals surface area contributed by atoms with Gasteiger partial charge in [-0.3, -0.25) is 9.59 Å². The first-order chi connectivity index (χ1) is 14.4. The summed E-state index contributed by atoms with van der Waals surface area (Å²) < 4.78 is 16.9. The maximum atomic E-state index is 12.3. The average molecular weight is 439 g/mol. The van der Waals surface area contributed by atoms with Crippen LogP contribution in [0.4, 0.5) is 0 Å². The second kappa shape index (κ2) is 10.7. The van der Waals surface area contributed by atoms with Crippen LogP contribution in [0.25, 0.3) is 0 Å². The zero-order valence-corrected chi connectivity index (χ0v) is 20.9. The van der Waals surface area contributed by atoms with E-state index in [4.69, 9.17) is 14.2 Å². The highest BCUT2D eigenvalue weighted by molar-refractivity contribution is 5.80. The largest absolute Gasteiger partial charge is 0.460 e. The van der Waals surface area contributed by atoms with Gasteiger partial charge in [-0.15, -0.1) is 0 Å². The minimum atomic E-state index is -0.393. The zero-order chi connectivity index (χ0) is 23.2. The molecule has 2 aliphatic carbocycles. The molecule has 180 valence electrons. The minimum Gasteiger partial charge on any atom is -0.460 e. The standard InChI is InChI=1S/C26H46O5/c1-23(2,3)30-21(27)25(15-16-25)13-9-7-11-19-29-20-12-8-10-14-26(17-18-26)22(28)31-24(4,5)6/h7-20H2,1-6H3. The van der Waals surface area contributed by atoms with Crippen LogP contribution in [0.5, 0.6) is 0 Å². The van der Waals surface area contributed by atoms with Gasteiger partial charge in [0, 0.05) is 13.2 Å². The lowest BCUT2D eigenvalue weighted by atomic mass is 9.98. The van der Waals surface area contributed by atoms with Gasteiger partial charge >= 0.3 is 11.9 Å². The number of rotatable bonds is 14. The van der Waals surface area contributed by atoms with Gasteiger partial charge in [0.15, 0.2) is 0 Å². The van der Waals surface area contributed by atoms with Gasteiger partial charge in [-0.2, -0.15) is 0 Å². The number of unbranched alkanes of at least 4 members (excludes halogenated alkanes) is 4. The fourth-order valence-corrected chi connectivity index (χ4v) is 3.98. The first-order valence-corrected chi connectivity index (χ1v) is 12.4. The molecule has 0 amide bonds. The molecule has 0 aromatic rings. The first-order valence-electron chi connectivity index (χ1n) is 12.4. The topological polar surface area (TPSA) is 61.8 Å². The van der Waals surface area contributed by atoms with Crippen LogP contribution in [0.1, 0.15) is 119 Å². The number of esters is 2. The van der Waals surface area contributed by atoms with E-state index in [0.29, 0.717) is 0 Å². The van der Waals surface area contributed by atoms with Crippen molar-refractivity contribution < 1.29 is 23.8 Å². The van der Waals surface area contributed by atoms with E-state index in [2.05, 4.69) is 0 Å². The SMILES string of the molecule is CC(C)(C)OC(=O)C1(CCCCCOCCCCCC2(C(=O)OC(C)(C)C)CC2)CC1. The van der Waals surface area contributed by atoms with Crippen LogP contribution in [0.15, 0.2) is 0 Å². The van der Waals surface area contributed by atoms with E-state index in [1.54, 1.807) is 0 Å². The van der Waals surface area contributed by atoms with Crippen LogP contribution in [-0.4, -0.2) is 36.4 Å². The van der Waals surface area contributed by atoms with Crippen LogP contribution >= 0.6 is 0 Å². The molecule has 2 saturated carbocycles. The summed E-state index contributed by atoms with van der Waals surface area (Å²) in [7, 11) is 0. The van der Waals surface area contributed by atoms with Crippen molar-refractivity contribution in [2.75, 3.05) is 13.2 Å². The predicted octanol–water partition coefficient (Wildman–Crippen LogP) is 6.37. The van der Waals surface area contributed by atoms with Crippen molar-refractivity contribution in [3.8, 4) is 0 Å². The highest BCUT2D eigenvalue weighted by Crippen LogP contribution is 2.52. The Morgan fingerprint density at radius 1 is 0.613 bits per heavy atom. The highest BCUT2D eigenvalue weighted by atomic mass is 16.6. The van der Waals surface area contributed by atoms with Gasteiger partial charge in [-0.1, -0.05) is 25.7 Å². The van der Waals surface area contributed by atoms with E-state index >= 15 is 0 Å². The van der Waals surface area contributed by atoms with Crippen molar-refractivity contribution in [3.63, 3.8) is 0 Å². The molecule has 2 rings (SSSR count). The molecule has 31 heavy (non-hydrogen) atoms. The van der Waals surface area contributed by atoms with Gasteiger partial charge in [0.1, 0.15) is 11.2 Å². The molecule has 5 heteroatoms. The summed E-state index contributed by atoms with van der Waals surface area (Å²) in [4.78, 5) is 24.7. The maximum absolute atomic E-state index is 12.3. The summed E-state index contributed by atoms with van der Waals surface area (Å²) in [5.41, 5.74) is -1.16. The molecule has 0 aliphatic heterocycles. The average Bonchev–Trinajstić information content (AvgIpc) is 3.52. The molecule has 2 aliphatic rings. The predicted molar refractivity (Wildman–Crippen MR) is 123 cm³/mol. The molecule has 5 nitrogen and oxygen atoms in total. The molecule has 0 saturated heterocycles. The maximum Gasteiger partial charge on any atom is 0.312 e. The molecule has 0 N–H and O–H groups in total. The molecule has 0 bridgehead atoms. The van der Waals surface area contributed by atoms with E-state index in [1.807, 2.05) is 41.5 Å². The highest BCUT2D eigenvalue weighted by Gasteiger charge is 2.52. The molecule has 2 fully saturated rings. The van der Waals surface area contributed by atoms with Gasteiger partial charge in [-0.05, 0) is 92.9 Å². The van der Waals surface area contributed by atoms with Crippen LogP contribution < -0.4 is 0 Å². The third-order valence-corrected chi connectivity index (χ3v) is 6.26. The third-order valence-electron chi connectivity index (χ3n) is 6.26. The first kappa shape index (κ1) is 26.2. The Balaban J connectivity index is 1.43. The Bertz CT molecular complexity index is 536. The van der Waals surface area contributed by atoms with Gasteiger partial charge in [0.05, 0.1) is 10.8 Å². The molecule has 0 aromatic carbocycles. The van der Waals surface area contributed by atoms with Crippen molar-refractivity contribution >= 4 is 11.9 Å². The van der Waals surface area contributed by atoms with E-state index in [0.717, 1.165) is 90.3 Å². The van der Waals surface area contributed by atoms with Crippen molar-refractivity contribution in [2.24, 2.45) is 10.8 Å².